The molecule has 0 unspecified atom stereocenters. The summed E-state index contributed by atoms with van der Waals surface area (Å²) in [5.41, 5.74) is 0.827. The molecule has 8 nitrogen and oxygen atoms in total. The highest BCUT2D eigenvalue weighted by atomic mass is 35.5. The van der Waals surface area contributed by atoms with Crippen molar-refractivity contribution in [2.75, 3.05) is 26.2 Å². The fourth-order valence-electron chi connectivity index (χ4n) is 3.26. The fourth-order valence-corrected chi connectivity index (χ4v) is 4.36. The van der Waals surface area contributed by atoms with Gasteiger partial charge in [0.1, 0.15) is 0 Å². The van der Waals surface area contributed by atoms with Gasteiger partial charge < -0.3 is 15.0 Å². The zero-order valence-corrected chi connectivity index (χ0v) is 19.1. The monoisotopic (exact) mass is 479 g/mol. The van der Waals surface area contributed by atoms with Gasteiger partial charge in [-0.2, -0.15) is 0 Å². The Hall–Kier alpha value is -2.46. The number of rotatable bonds is 10. The predicted octanol–water partition coefficient (Wildman–Crippen LogP) is 1.94. The molecule has 32 heavy (non-hydrogen) atoms. The average molecular weight is 480 g/mol. The number of benzene rings is 2. The Bertz CT molecular complexity index is 1010. The summed E-state index contributed by atoms with van der Waals surface area (Å²) in [6.07, 6.45) is 1.84. The summed E-state index contributed by atoms with van der Waals surface area (Å²) in [7, 11) is -3.90. The lowest BCUT2D eigenvalue weighted by Crippen LogP contribution is -2.45. The summed E-state index contributed by atoms with van der Waals surface area (Å²) in [5, 5.41) is 3.20. The highest BCUT2D eigenvalue weighted by molar-refractivity contribution is 7.89. The highest BCUT2D eigenvalue weighted by Crippen LogP contribution is 2.14. The first-order valence-corrected chi connectivity index (χ1v) is 12.1. The predicted molar refractivity (Wildman–Crippen MR) is 120 cm³/mol. The first kappa shape index (κ1) is 24.2. The third-order valence-electron chi connectivity index (χ3n) is 4.99. The quantitative estimate of drug-likeness (QED) is 0.542. The zero-order chi connectivity index (χ0) is 23.0. The summed E-state index contributed by atoms with van der Waals surface area (Å²) >= 11 is 5.80. The molecule has 0 spiro atoms. The molecular formula is C22H26ClN3O5S. The van der Waals surface area contributed by atoms with Crippen LogP contribution in [0.4, 0.5) is 0 Å². The number of carbonyl (C=O) groups excluding carboxylic acids is 2. The van der Waals surface area contributed by atoms with Crippen LogP contribution in [-0.2, 0) is 30.9 Å². The molecule has 2 aromatic carbocycles. The van der Waals surface area contributed by atoms with Crippen molar-refractivity contribution in [2.45, 2.75) is 30.4 Å². The molecule has 0 aliphatic carbocycles. The minimum atomic E-state index is -3.90. The van der Waals surface area contributed by atoms with E-state index in [0.29, 0.717) is 18.2 Å². The van der Waals surface area contributed by atoms with Gasteiger partial charge in [-0.3, -0.25) is 9.59 Å². The average Bonchev–Trinajstić information content (AvgIpc) is 3.30. The molecule has 10 heteroatoms. The molecule has 0 bridgehead atoms. The Morgan fingerprint density at radius 2 is 1.81 bits per heavy atom. The zero-order valence-electron chi connectivity index (χ0n) is 17.5. The molecular weight excluding hydrogens is 454 g/mol. The van der Waals surface area contributed by atoms with Crippen LogP contribution < -0.4 is 10.0 Å². The summed E-state index contributed by atoms with van der Waals surface area (Å²) in [6.45, 7) is 0.581. The summed E-state index contributed by atoms with van der Waals surface area (Å²) in [4.78, 5) is 26.6. The van der Waals surface area contributed by atoms with Crippen LogP contribution in [-0.4, -0.2) is 57.5 Å². The Morgan fingerprint density at radius 1 is 1.09 bits per heavy atom. The smallest absolute Gasteiger partial charge is 0.241 e. The largest absolute Gasteiger partial charge is 0.376 e. The minimum Gasteiger partial charge on any atom is -0.376 e. The van der Waals surface area contributed by atoms with E-state index in [0.717, 1.165) is 18.4 Å². The van der Waals surface area contributed by atoms with E-state index in [1.54, 1.807) is 0 Å². The molecule has 0 aromatic heterocycles. The maximum atomic E-state index is 12.8. The standard InChI is InChI=1S/C22H26ClN3O5S/c23-18-8-10-20(11-9-18)32(29,30)25-14-22(28)26(15-17-5-2-1-3-6-17)16-21(27)24-13-19-7-4-12-31-19/h1-3,5-6,8-11,19,25H,4,7,12-16H2,(H,24,27)/t19-/m1/s1. The van der Waals surface area contributed by atoms with E-state index in [9.17, 15) is 18.0 Å². The normalized spacial score (nSPS) is 16.0. The summed E-state index contributed by atoms with van der Waals surface area (Å²) < 4.78 is 32.8. The first-order valence-electron chi connectivity index (χ1n) is 10.3. The van der Waals surface area contributed by atoms with Crippen molar-refractivity contribution in [3.8, 4) is 0 Å². The van der Waals surface area contributed by atoms with Gasteiger partial charge in [0.15, 0.2) is 0 Å². The number of halogens is 1. The number of hydrogen-bond donors (Lipinski definition) is 2. The highest BCUT2D eigenvalue weighted by Gasteiger charge is 2.22. The molecule has 0 saturated carbocycles. The van der Waals surface area contributed by atoms with Crippen molar-refractivity contribution in [3.05, 3.63) is 65.2 Å². The van der Waals surface area contributed by atoms with Gasteiger partial charge in [-0.05, 0) is 42.7 Å². The molecule has 0 radical (unpaired) electrons. The van der Waals surface area contributed by atoms with Gasteiger partial charge in [-0.25, -0.2) is 13.1 Å². The number of sulfonamides is 1. The number of nitrogens with zero attached hydrogens (tertiary/aromatic N) is 1. The second-order valence-electron chi connectivity index (χ2n) is 7.45. The summed E-state index contributed by atoms with van der Waals surface area (Å²) in [5.74, 6) is -0.844. The van der Waals surface area contributed by atoms with Crippen molar-refractivity contribution in [3.63, 3.8) is 0 Å². The molecule has 2 N–H and O–H groups in total. The van der Waals surface area contributed by atoms with Crippen LogP contribution in [0.5, 0.6) is 0 Å². The van der Waals surface area contributed by atoms with Crippen LogP contribution in [0.1, 0.15) is 18.4 Å². The molecule has 1 aliphatic rings. The lowest BCUT2D eigenvalue weighted by atomic mass is 10.2. The SMILES string of the molecule is O=C(CN(Cc1ccccc1)C(=O)CNS(=O)(=O)c1ccc(Cl)cc1)NC[C@H]1CCCO1. The third kappa shape index (κ3) is 7.30. The second kappa shape index (κ2) is 11.4. The van der Waals surface area contributed by atoms with E-state index in [2.05, 4.69) is 10.0 Å². The van der Waals surface area contributed by atoms with Crippen molar-refractivity contribution < 1.29 is 22.7 Å². The first-order chi connectivity index (χ1) is 15.3. The van der Waals surface area contributed by atoms with E-state index in [4.69, 9.17) is 16.3 Å². The Balaban J connectivity index is 1.62. The van der Waals surface area contributed by atoms with Crippen molar-refractivity contribution >= 4 is 33.4 Å². The van der Waals surface area contributed by atoms with E-state index >= 15 is 0 Å². The Morgan fingerprint density at radius 3 is 2.47 bits per heavy atom. The van der Waals surface area contributed by atoms with Crippen molar-refractivity contribution in [2.24, 2.45) is 0 Å². The van der Waals surface area contributed by atoms with Crippen LogP contribution in [0, 0.1) is 0 Å². The van der Waals surface area contributed by atoms with Gasteiger partial charge in [0.25, 0.3) is 0 Å². The van der Waals surface area contributed by atoms with Gasteiger partial charge in [0, 0.05) is 24.7 Å². The molecule has 1 heterocycles. The second-order valence-corrected chi connectivity index (χ2v) is 9.66. The Labute approximate surface area is 192 Å². The summed E-state index contributed by atoms with van der Waals surface area (Å²) in [6, 6.07) is 14.8. The maximum Gasteiger partial charge on any atom is 0.241 e. The molecule has 3 rings (SSSR count). The maximum absolute atomic E-state index is 12.8. The molecule has 1 saturated heterocycles. The van der Waals surface area contributed by atoms with Gasteiger partial charge >= 0.3 is 0 Å². The number of amides is 2. The molecule has 2 aromatic rings. The molecule has 1 fully saturated rings. The molecule has 1 atom stereocenters. The van der Waals surface area contributed by atoms with E-state index < -0.39 is 22.5 Å². The molecule has 172 valence electrons. The van der Waals surface area contributed by atoms with Crippen LogP contribution in [0.25, 0.3) is 0 Å². The van der Waals surface area contributed by atoms with Crippen LogP contribution in [0.2, 0.25) is 5.02 Å². The van der Waals surface area contributed by atoms with Crippen LogP contribution in [0.3, 0.4) is 0 Å². The van der Waals surface area contributed by atoms with Gasteiger partial charge in [-0.15, -0.1) is 0 Å². The third-order valence-corrected chi connectivity index (χ3v) is 6.66. The molecule has 2 amide bonds. The van der Waals surface area contributed by atoms with Crippen LogP contribution in [0.15, 0.2) is 59.5 Å². The van der Waals surface area contributed by atoms with E-state index in [-0.39, 0.29) is 30.0 Å². The topological polar surface area (TPSA) is 105 Å². The minimum absolute atomic E-state index is 0.00128. The van der Waals surface area contributed by atoms with Crippen LogP contribution >= 0.6 is 11.6 Å². The van der Waals surface area contributed by atoms with Gasteiger partial charge in [-0.1, -0.05) is 41.9 Å². The van der Waals surface area contributed by atoms with E-state index in [1.165, 1.54) is 29.2 Å². The lowest BCUT2D eigenvalue weighted by Gasteiger charge is -2.23. The van der Waals surface area contributed by atoms with Crippen molar-refractivity contribution in [1.29, 1.82) is 0 Å². The van der Waals surface area contributed by atoms with Gasteiger partial charge in [0.05, 0.1) is 24.1 Å². The fraction of sp³-hybridized carbons (Fsp3) is 0.364. The van der Waals surface area contributed by atoms with Gasteiger partial charge in [0.2, 0.25) is 21.8 Å². The number of hydrogen-bond acceptors (Lipinski definition) is 5. The van der Waals surface area contributed by atoms with Crippen molar-refractivity contribution in [1.82, 2.24) is 14.9 Å². The Kier molecular flexibility index (Phi) is 8.63. The number of ether oxygens (including phenoxy) is 1. The lowest BCUT2D eigenvalue weighted by molar-refractivity contribution is -0.135. The number of nitrogens with one attached hydrogen (secondary N) is 2. The van der Waals surface area contributed by atoms with E-state index in [1.807, 2.05) is 30.3 Å². The molecule has 1 aliphatic heterocycles. The number of carbonyl (C=O) groups is 2.